The van der Waals surface area contributed by atoms with E-state index in [0.29, 0.717) is 0 Å². The Balaban J connectivity index is 2.35. The lowest BCUT2D eigenvalue weighted by molar-refractivity contribution is 1.61. The van der Waals surface area contributed by atoms with Gasteiger partial charge in [0.1, 0.15) is 0 Å². The van der Waals surface area contributed by atoms with Crippen LogP contribution in [-0.2, 0) is 0 Å². The molecule has 0 amide bonds. The normalized spacial score (nSPS) is 19.3. The van der Waals surface area contributed by atoms with Gasteiger partial charge in [-0.05, 0) is 11.1 Å². The molecule has 0 nitrogen and oxygen atoms in total. The molecule has 0 saturated carbocycles. The summed E-state index contributed by atoms with van der Waals surface area (Å²) in [5, 5.41) is 0. The van der Waals surface area contributed by atoms with Gasteiger partial charge in [0.25, 0.3) is 0 Å². The molecule has 14 heavy (non-hydrogen) atoms. The van der Waals surface area contributed by atoms with E-state index in [0.717, 1.165) is 0 Å². The second kappa shape index (κ2) is 4.43. The van der Waals surface area contributed by atoms with E-state index in [-0.39, 0.29) is 0 Å². The van der Waals surface area contributed by atoms with E-state index in [2.05, 4.69) is 48.6 Å². The van der Waals surface area contributed by atoms with E-state index in [9.17, 15) is 0 Å². The highest BCUT2D eigenvalue weighted by Crippen LogP contribution is 2.16. The lowest BCUT2D eigenvalue weighted by atomic mass is 10.0. The Bertz CT molecular complexity index is 403. The van der Waals surface area contributed by atoms with Gasteiger partial charge in [-0.2, -0.15) is 0 Å². The van der Waals surface area contributed by atoms with Gasteiger partial charge in [-0.1, -0.05) is 72.9 Å². The Morgan fingerprint density at radius 1 is 0.643 bits per heavy atom. The zero-order chi connectivity index (χ0) is 9.64. The van der Waals surface area contributed by atoms with Gasteiger partial charge in [-0.25, -0.2) is 0 Å². The summed E-state index contributed by atoms with van der Waals surface area (Å²) < 4.78 is 0. The first kappa shape index (κ1) is 8.76. The van der Waals surface area contributed by atoms with Crippen molar-refractivity contribution in [1.82, 2.24) is 0 Å². The van der Waals surface area contributed by atoms with E-state index >= 15 is 0 Å². The van der Waals surface area contributed by atoms with Gasteiger partial charge in [0.15, 0.2) is 0 Å². The predicted octanol–water partition coefficient (Wildman–Crippen LogP) is 3.75. The molecule has 0 heteroatoms. The van der Waals surface area contributed by atoms with Crippen molar-refractivity contribution in [3.05, 3.63) is 78.4 Å². The van der Waals surface area contributed by atoms with Crippen LogP contribution in [-0.4, -0.2) is 0 Å². The van der Waals surface area contributed by atoms with Crippen molar-refractivity contribution < 1.29 is 0 Å². The average Bonchev–Trinajstić information content (AvgIpc) is 2.18. The molecule has 0 saturated heterocycles. The maximum Gasteiger partial charge on any atom is -0.0184 e. The molecule has 0 heterocycles. The van der Waals surface area contributed by atoms with Crippen LogP contribution in [0.4, 0.5) is 0 Å². The lowest BCUT2D eigenvalue weighted by Crippen LogP contribution is -1.79. The molecule has 0 aliphatic heterocycles. The topological polar surface area (TPSA) is 0 Å². The van der Waals surface area contributed by atoms with Crippen molar-refractivity contribution in [1.29, 1.82) is 0 Å². The molecule has 0 unspecified atom stereocenters. The molecule has 0 spiro atoms. The summed E-state index contributed by atoms with van der Waals surface area (Å²) in [6, 6.07) is 10.4. The van der Waals surface area contributed by atoms with Crippen molar-refractivity contribution in [2.45, 2.75) is 0 Å². The van der Waals surface area contributed by atoms with E-state index in [1.165, 1.54) is 11.1 Å². The lowest BCUT2D eigenvalue weighted by Gasteiger charge is -2.01. The first-order valence-electron chi connectivity index (χ1n) is 4.74. The molecular weight excluding hydrogens is 168 g/mol. The average molecular weight is 180 g/mol. The van der Waals surface area contributed by atoms with Crippen LogP contribution in [0.2, 0.25) is 0 Å². The molecule has 0 fully saturated rings. The number of hydrogen-bond donors (Lipinski definition) is 0. The highest BCUT2D eigenvalue weighted by Gasteiger charge is 1.94. The van der Waals surface area contributed by atoms with Crippen molar-refractivity contribution in [2.24, 2.45) is 0 Å². The minimum atomic E-state index is 1.24. The maximum atomic E-state index is 2.12. The molecule has 1 aliphatic carbocycles. The van der Waals surface area contributed by atoms with Crippen molar-refractivity contribution >= 4 is 5.57 Å². The van der Waals surface area contributed by atoms with E-state index < -0.39 is 0 Å². The minimum absolute atomic E-state index is 1.24. The number of allylic oxidation sites excluding steroid dienone is 8. The summed E-state index contributed by atoms with van der Waals surface area (Å²) in [5.41, 5.74) is 2.50. The van der Waals surface area contributed by atoms with Gasteiger partial charge in [0, 0.05) is 0 Å². The maximum absolute atomic E-state index is 2.12. The summed E-state index contributed by atoms with van der Waals surface area (Å²) in [5.74, 6) is 0. The van der Waals surface area contributed by atoms with E-state index in [4.69, 9.17) is 0 Å². The Labute approximate surface area is 84.6 Å². The first-order chi connectivity index (χ1) is 6.97. The Kier molecular flexibility index (Phi) is 2.77. The quantitative estimate of drug-likeness (QED) is 0.617. The van der Waals surface area contributed by atoms with Crippen LogP contribution >= 0.6 is 0 Å². The largest absolute Gasteiger partial charge is 0.0623 e. The third kappa shape index (κ3) is 2.11. The molecule has 0 radical (unpaired) electrons. The fourth-order valence-electron chi connectivity index (χ4n) is 1.39. The Hall–Kier alpha value is -1.82. The fraction of sp³-hybridized carbons (Fsp3) is 0. The number of hydrogen-bond acceptors (Lipinski definition) is 0. The van der Waals surface area contributed by atoms with Crippen molar-refractivity contribution in [3.8, 4) is 0 Å². The zero-order valence-electron chi connectivity index (χ0n) is 7.93. The van der Waals surface area contributed by atoms with Gasteiger partial charge in [-0.15, -0.1) is 0 Å². The van der Waals surface area contributed by atoms with Gasteiger partial charge in [0.05, 0.1) is 0 Å². The van der Waals surface area contributed by atoms with Gasteiger partial charge < -0.3 is 0 Å². The monoisotopic (exact) mass is 180 g/mol. The molecule has 1 aromatic rings. The summed E-state index contributed by atoms with van der Waals surface area (Å²) in [4.78, 5) is 0. The van der Waals surface area contributed by atoms with Crippen molar-refractivity contribution in [2.75, 3.05) is 0 Å². The highest BCUT2D eigenvalue weighted by molar-refractivity contribution is 5.75. The van der Waals surface area contributed by atoms with Crippen LogP contribution in [0.25, 0.3) is 5.57 Å². The molecule has 0 aromatic heterocycles. The second-order valence-electron chi connectivity index (χ2n) is 3.12. The van der Waals surface area contributed by atoms with E-state index in [1.807, 2.05) is 24.3 Å². The van der Waals surface area contributed by atoms with Crippen LogP contribution in [0.1, 0.15) is 5.56 Å². The molecule has 0 atom stereocenters. The first-order valence-corrected chi connectivity index (χ1v) is 4.74. The second-order valence-corrected chi connectivity index (χ2v) is 3.12. The highest BCUT2D eigenvalue weighted by atomic mass is 14.0. The molecule has 2 rings (SSSR count). The molecular formula is C14H12. The van der Waals surface area contributed by atoms with E-state index in [1.54, 1.807) is 0 Å². The molecule has 0 N–H and O–H groups in total. The van der Waals surface area contributed by atoms with Gasteiger partial charge in [-0.3, -0.25) is 0 Å². The van der Waals surface area contributed by atoms with Crippen LogP contribution < -0.4 is 0 Å². The Morgan fingerprint density at radius 3 is 2.21 bits per heavy atom. The minimum Gasteiger partial charge on any atom is -0.0623 e. The third-order valence-electron chi connectivity index (χ3n) is 2.10. The van der Waals surface area contributed by atoms with Crippen molar-refractivity contribution in [3.63, 3.8) is 0 Å². The van der Waals surface area contributed by atoms with Crippen LogP contribution in [0.15, 0.2) is 72.9 Å². The molecule has 0 bridgehead atoms. The molecule has 1 aliphatic rings. The summed E-state index contributed by atoms with van der Waals surface area (Å²) >= 11 is 0. The molecule has 1 aromatic carbocycles. The summed E-state index contributed by atoms with van der Waals surface area (Å²) in [7, 11) is 0. The SMILES string of the molecule is C1=C/C=C\C=C/C(c2ccccc2)=C1. The molecule has 68 valence electrons. The smallest absolute Gasteiger partial charge is 0.0184 e. The van der Waals surface area contributed by atoms with Crippen LogP contribution in [0.5, 0.6) is 0 Å². The number of rotatable bonds is 1. The number of benzene rings is 1. The predicted molar refractivity (Wildman–Crippen MR) is 61.8 cm³/mol. The zero-order valence-corrected chi connectivity index (χ0v) is 7.93. The fourth-order valence-corrected chi connectivity index (χ4v) is 1.39. The van der Waals surface area contributed by atoms with Crippen LogP contribution in [0.3, 0.4) is 0 Å². The third-order valence-corrected chi connectivity index (χ3v) is 2.10. The summed E-state index contributed by atoms with van der Waals surface area (Å²) in [6.45, 7) is 0. The van der Waals surface area contributed by atoms with Gasteiger partial charge in [0.2, 0.25) is 0 Å². The standard InChI is InChI=1S/C14H12/c1-2-5-9-13(10-6-3-1)14-11-7-4-8-12-14/h1-12H/b2-1-,3-1?,5-2?,6-3?,9-5-,10-6?,13-9?,13-10?. The van der Waals surface area contributed by atoms with Gasteiger partial charge >= 0.3 is 0 Å². The van der Waals surface area contributed by atoms with Crippen LogP contribution in [0, 0.1) is 0 Å². The summed E-state index contributed by atoms with van der Waals surface area (Å²) in [6.07, 6.45) is 14.4. The Morgan fingerprint density at radius 2 is 1.36 bits per heavy atom.